The van der Waals surface area contributed by atoms with Crippen LogP contribution in [-0.2, 0) is 12.4 Å². The fourth-order valence-corrected chi connectivity index (χ4v) is 2.75. The molecule has 0 unspecified atom stereocenters. The molecule has 0 aliphatic heterocycles. The Labute approximate surface area is 175 Å². The van der Waals surface area contributed by atoms with Gasteiger partial charge in [0.05, 0.1) is 23.7 Å². The van der Waals surface area contributed by atoms with Crippen molar-refractivity contribution in [2.45, 2.75) is 12.4 Å². The zero-order valence-corrected chi connectivity index (χ0v) is 15.7. The number of halogens is 6. The van der Waals surface area contributed by atoms with Gasteiger partial charge >= 0.3 is 12.4 Å². The van der Waals surface area contributed by atoms with E-state index in [4.69, 9.17) is 5.73 Å². The highest BCUT2D eigenvalue weighted by atomic mass is 19.4. The average molecular weight is 448 g/mol. The molecule has 6 nitrogen and oxygen atoms in total. The molecule has 0 aliphatic carbocycles. The summed E-state index contributed by atoms with van der Waals surface area (Å²) in [6.45, 7) is 0. The van der Waals surface area contributed by atoms with Gasteiger partial charge in [0.25, 0.3) is 0 Å². The van der Waals surface area contributed by atoms with Gasteiger partial charge in [0, 0.05) is 11.6 Å². The van der Waals surface area contributed by atoms with E-state index in [2.05, 4.69) is 31.9 Å². The van der Waals surface area contributed by atoms with E-state index in [0.717, 1.165) is 24.3 Å². The second-order valence-corrected chi connectivity index (χ2v) is 6.48. The molecule has 2 N–H and O–H groups in total. The summed E-state index contributed by atoms with van der Waals surface area (Å²) in [4.78, 5) is 11.8. The van der Waals surface area contributed by atoms with Crippen molar-refractivity contribution in [1.82, 2.24) is 24.6 Å². The van der Waals surface area contributed by atoms with Crippen molar-refractivity contribution in [2.75, 3.05) is 5.73 Å². The van der Waals surface area contributed by atoms with Gasteiger partial charge < -0.3 is 5.73 Å². The maximum atomic E-state index is 13.6. The van der Waals surface area contributed by atoms with E-state index in [1.165, 1.54) is 18.5 Å². The van der Waals surface area contributed by atoms with Crippen molar-refractivity contribution in [3.8, 4) is 23.1 Å². The van der Waals surface area contributed by atoms with Gasteiger partial charge in [-0.05, 0) is 30.0 Å². The molecule has 0 amide bonds. The third-order valence-electron chi connectivity index (χ3n) is 4.22. The number of hydrogen-bond donors (Lipinski definition) is 1. The van der Waals surface area contributed by atoms with Crippen LogP contribution in [-0.4, -0.2) is 24.6 Å². The molecule has 12 heteroatoms. The van der Waals surface area contributed by atoms with E-state index in [9.17, 15) is 26.3 Å². The molecule has 4 rings (SSSR count). The lowest BCUT2D eigenvalue weighted by atomic mass is 10.1. The fraction of sp³-hybridized carbons (Fsp3) is 0.100. The Bertz CT molecular complexity index is 1340. The predicted molar refractivity (Wildman–Crippen MR) is 101 cm³/mol. The molecule has 0 bridgehead atoms. The number of alkyl halides is 6. The second-order valence-electron chi connectivity index (χ2n) is 6.48. The molecule has 3 aromatic heterocycles. The Kier molecular flexibility index (Phi) is 4.96. The van der Waals surface area contributed by atoms with Crippen molar-refractivity contribution < 1.29 is 26.3 Å². The van der Waals surface area contributed by atoms with Crippen LogP contribution in [0.3, 0.4) is 0 Å². The number of anilines is 1. The lowest BCUT2D eigenvalue weighted by molar-refractivity contribution is -0.142. The van der Waals surface area contributed by atoms with Gasteiger partial charge in [-0.25, -0.2) is 19.5 Å². The summed E-state index contributed by atoms with van der Waals surface area (Å²) in [6.07, 6.45) is -6.81. The first kappa shape index (κ1) is 21.1. The second kappa shape index (κ2) is 7.52. The molecule has 4 aromatic rings. The molecule has 0 saturated carbocycles. The first-order chi connectivity index (χ1) is 15.0. The van der Waals surface area contributed by atoms with Crippen LogP contribution < -0.4 is 5.73 Å². The van der Waals surface area contributed by atoms with E-state index in [1.807, 2.05) is 0 Å². The van der Waals surface area contributed by atoms with Gasteiger partial charge in [-0.1, -0.05) is 12.1 Å². The van der Waals surface area contributed by atoms with E-state index >= 15 is 0 Å². The minimum Gasteiger partial charge on any atom is -0.382 e. The molecule has 0 saturated heterocycles. The van der Waals surface area contributed by atoms with Gasteiger partial charge in [-0.15, -0.1) is 0 Å². The summed E-state index contributed by atoms with van der Waals surface area (Å²) in [5.41, 5.74) is 3.29. The molecule has 0 fully saturated rings. The van der Waals surface area contributed by atoms with Crippen molar-refractivity contribution in [3.05, 3.63) is 71.4 Å². The summed E-state index contributed by atoms with van der Waals surface area (Å²) < 4.78 is 79.8. The first-order valence-corrected chi connectivity index (χ1v) is 8.76. The smallest absolute Gasteiger partial charge is 0.382 e. The monoisotopic (exact) mass is 448 g/mol. The zero-order chi connectivity index (χ0) is 23.1. The van der Waals surface area contributed by atoms with Gasteiger partial charge in [0.2, 0.25) is 0 Å². The van der Waals surface area contributed by atoms with Crippen LogP contribution >= 0.6 is 0 Å². The molecular weight excluding hydrogens is 438 g/mol. The molecule has 0 atom stereocenters. The number of aromatic nitrogens is 5. The number of benzene rings is 1. The Morgan fingerprint density at radius 3 is 2.09 bits per heavy atom. The van der Waals surface area contributed by atoms with Crippen LogP contribution in [0.1, 0.15) is 22.6 Å². The minimum absolute atomic E-state index is 0.0220. The molecule has 0 spiro atoms. The van der Waals surface area contributed by atoms with Crippen molar-refractivity contribution in [3.63, 3.8) is 0 Å². The zero-order valence-electron chi connectivity index (χ0n) is 15.7. The van der Waals surface area contributed by atoms with E-state index < -0.39 is 23.6 Å². The highest BCUT2D eigenvalue weighted by Crippen LogP contribution is 2.34. The third kappa shape index (κ3) is 4.31. The molecule has 0 radical (unpaired) electrons. The Morgan fingerprint density at radius 2 is 1.50 bits per heavy atom. The van der Waals surface area contributed by atoms with Crippen molar-refractivity contribution in [1.29, 1.82) is 0 Å². The van der Waals surface area contributed by atoms with Crippen LogP contribution in [0.15, 0.2) is 48.8 Å². The largest absolute Gasteiger partial charge is 0.433 e. The quantitative estimate of drug-likeness (QED) is 0.349. The maximum Gasteiger partial charge on any atom is 0.433 e. The summed E-state index contributed by atoms with van der Waals surface area (Å²) in [7, 11) is 0. The Morgan fingerprint density at radius 1 is 0.812 bits per heavy atom. The molecule has 162 valence electrons. The first-order valence-electron chi connectivity index (χ1n) is 8.76. The number of nitrogen functional groups attached to an aromatic ring is 1. The van der Waals surface area contributed by atoms with Gasteiger partial charge in [-0.2, -0.15) is 31.4 Å². The topological polar surface area (TPSA) is 82.0 Å². The van der Waals surface area contributed by atoms with Crippen LogP contribution in [0.5, 0.6) is 0 Å². The van der Waals surface area contributed by atoms with Crippen LogP contribution in [0.2, 0.25) is 0 Å². The molecule has 0 aliphatic rings. The van der Waals surface area contributed by atoms with Crippen molar-refractivity contribution in [2.24, 2.45) is 0 Å². The normalized spacial score (nSPS) is 11.9. The van der Waals surface area contributed by atoms with E-state index in [0.29, 0.717) is 10.6 Å². The van der Waals surface area contributed by atoms with Crippen LogP contribution in [0, 0.1) is 11.8 Å². The summed E-state index contributed by atoms with van der Waals surface area (Å²) in [6, 6.07) is 5.59. The molecule has 32 heavy (non-hydrogen) atoms. The van der Waals surface area contributed by atoms with Crippen LogP contribution in [0.25, 0.3) is 16.9 Å². The number of fused-ring (bicyclic) bond motifs is 1. The highest BCUT2D eigenvalue weighted by Gasteiger charge is 2.35. The Balaban J connectivity index is 1.79. The average Bonchev–Trinajstić information content (AvgIpc) is 3.14. The maximum absolute atomic E-state index is 13.6. The number of nitrogens with two attached hydrogens (primary N) is 1. The SMILES string of the molecule is Nc1cnc(C#Cc2cc3nc(-c4ccc(C(F)(F)F)cc4)cc(C(F)(F)F)n3n2)cn1. The van der Waals surface area contributed by atoms with Crippen LogP contribution in [0.4, 0.5) is 32.2 Å². The Hall–Kier alpha value is -4.14. The van der Waals surface area contributed by atoms with Crippen molar-refractivity contribution >= 4 is 11.5 Å². The molecular formula is C20H10F6N6. The summed E-state index contributed by atoms with van der Waals surface area (Å²) >= 11 is 0. The minimum atomic E-state index is -4.80. The highest BCUT2D eigenvalue weighted by molar-refractivity contribution is 5.64. The number of rotatable bonds is 1. The lowest BCUT2D eigenvalue weighted by Gasteiger charge is -2.11. The molecule has 1 aromatic carbocycles. The fourth-order valence-electron chi connectivity index (χ4n) is 2.75. The van der Waals surface area contributed by atoms with Gasteiger partial charge in [0.1, 0.15) is 17.2 Å². The third-order valence-corrected chi connectivity index (χ3v) is 4.22. The predicted octanol–water partition coefficient (Wildman–Crippen LogP) is 4.21. The molecule has 3 heterocycles. The number of hydrogen-bond acceptors (Lipinski definition) is 5. The standard InChI is InChI=1S/C20H10F6N6/c21-19(22,23)12-3-1-11(2-4-12)15-8-16(20(24,25)26)32-18(30-15)7-13(31-32)5-6-14-9-29-17(27)10-28-14/h1-4,7-10H,(H2,27,29). The van der Waals surface area contributed by atoms with E-state index in [1.54, 1.807) is 0 Å². The summed E-state index contributed by atoms with van der Waals surface area (Å²) in [5.74, 6) is 5.36. The van der Waals surface area contributed by atoms with Gasteiger partial charge in [-0.3, -0.25) is 0 Å². The summed E-state index contributed by atoms with van der Waals surface area (Å²) in [5, 5.41) is 3.83. The number of nitrogens with zero attached hydrogens (tertiary/aromatic N) is 5. The van der Waals surface area contributed by atoms with E-state index in [-0.39, 0.29) is 34.1 Å². The lowest BCUT2D eigenvalue weighted by Crippen LogP contribution is -2.13. The van der Waals surface area contributed by atoms with Gasteiger partial charge in [0.15, 0.2) is 11.3 Å².